The minimum atomic E-state index is 0.574. The average molecular weight is 287 g/mol. The highest BCUT2D eigenvalue weighted by atomic mass is 35.5. The normalized spacial score (nSPS) is 20.2. The smallest absolute Gasteiger partial charge is 0.0654 e. The van der Waals surface area contributed by atoms with E-state index in [-0.39, 0.29) is 0 Å². The molecule has 1 aromatic carbocycles. The summed E-state index contributed by atoms with van der Waals surface area (Å²) >= 11 is 12.2. The van der Waals surface area contributed by atoms with Gasteiger partial charge in [0.05, 0.1) is 10.7 Å². The molecule has 2 rings (SSSR count). The Morgan fingerprint density at radius 1 is 1.39 bits per heavy atom. The van der Waals surface area contributed by atoms with Crippen molar-refractivity contribution in [3.05, 3.63) is 28.2 Å². The van der Waals surface area contributed by atoms with Crippen molar-refractivity contribution < 1.29 is 0 Å². The minimum Gasteiger partial charge on any atom is -0.369 e. The highest BCUT2D eigenvalue weighted by Crippen LogP contribution is 2.30. The number of nitrogens with zero attached hydrogens (tertiary/aromatic N) is 1. The molecule has 0 aromatic heterocycles. The van der Waals surface area contributed by atoms with Gasteiger partial charge in [-0.3, -0.25) is 0 Å². The van der Waals surface area contributed by atoms with Crippen LogP contribution in [0, 0.1) is 0 Å². The maximum Gasteiger partial charge on any atom is 0.0654 e. The molecule has 1 fully saturated rings. The Morgan fingerprint density at radius 2 is 2.22 bits per heavy atom. The maximum absolute atomic E-state index is 6.27. The minimum absolute atomic E-state index is 0.574. The Hall–Kier alpha value is -0.440. The third-order valence-electron chi connectivity index (χ3n) is 3.35. The first-order valence-corrected chi connectivity index (χ1v) is 7.39. The maximum atomic E-state index is 6.27. The summed E-state index contributed by atoms with van der Waals surface area (Å²) in [5, 5.41) is 5.04. The fraction of sp³-hybridized carbons (Fsp3) is 0.571. The van der Waals surface area contributed by atoms with Crippen LogP contribution >= 0.6 is 23.2 Å². The molecule has 2 nitrogen and oxygen atoms in total. The molecule has 1 atom stereocenters. The molecule has 0 saturated carbocycles. The highest BCUT2D eigenvalue weighted by Gasteiger charge is 2.20. The first-order valence-electron chi connectivity index (χ1n) is 6.64. The van der Waals surface area contributed by atoms with Gasteiger partial charge in [0.1, 0.15) is 0 Å². The first-order chi connectivity index (χ1) is 8.70. The van der Waals surface area contributed by atoms with Crippen molar-refractivity contribution in [1.29, 1.82) is 0 Å². The van der Waals surface area contributed by atoms with E-state index in [0.29, 0.717) is 11.1 Å². The number of halogens is 2. The third kappa shape index (κ3) is 3.53. The number of hydrogen-bond donors (Lipinski definition) is 1. The summed E-state index contributed by atoms with van der Waals surface area (Å²) in [6.07, 6.45) is 3.64. The topological polar surface area (TPSA) is 15.3 Å². The molecule has 1 aliphatic heterocycles. The molecule has 1 aromatic rings. The summed E-state index contributed by atoms with van der Waals surface area (Å²) < 4.78 is 0. The molecule has 18 heavy (non-hydrogen) atoms. The molecule has 4 heteroatoms. The number of anilines is 1. The SMILES string of the molecule is CCCNC1CCCN(c2ccc(Cl)cc2Cl)C1. The van der Waals surface area contributed by atoms with Crippen LogP contribution in [0.2, 0.25) is 10.0 Å². The van der Waals surface area contributed by atoms with Gasteiger partial charge in [-0.1, -0.05) is 30.1 Å². The Kier molecular flexibility index (Phi) is 5.16. The Labute approximate surface area is 119 Å². The van der Waals surface area contributed by atoms with Gasteiger partial charge in [-0.05, 0) is 44.0 Å². The van der Waals surface area contributed by atoms with Gasteiger partial charge in [-0.25, -0.2) is 0 Å². The lowest BCUT2D eigenvalue weighted by molar-refractivity contribution is 0.423. The molecular weight excluding hydrogens is 267 g/mol. The van der Waals surface area contributed by atoms with Crippen molar-refractivity contribution in [3.8, 4) is 0 Å². The second-order valence-corrected chi connectivity index (χ2v) is 5.68. The van der Waals surface area contributed by atoms with Crippen LogP contribution in [0.1, 0.15) is 26.2 Å². The largest absolute Gasteiger partial charge is 0.369 e. The Morgan fingerprint density at radius 3 is 2.94 bits per heavy atom. The van der Waals surface area contributed by atoms with Crippen LogP contribution in [0.3, 0.4) is 0 Å². The fourth-order valence-electron chi connectivity index (χ4n) is 2.45. The van der Waals surface area contributed by atoms with Crippen LogP contribution < -0.4 is 10.2 Å². The van der Waals surface area contributed by atoms with Gasteiger partial charge in [0.2, 0.25) is 0 Å². The quantitative estimate of drug-likeness (QED) is 0.901. The standard InChI is InChI=1S/C14H20Cl2N2/c1-2-7-17-12-4-3-8-18(10-12)14-6-5-11(15)9-13(14)16/h5-6,9,12,17H,2-4,7-8,10H2,1H3. The van der Waals surface area contributed by atoms with E-state index >= 15 is 0 Å². The zero-order valence-electron chi connectivity index (χ0n) is 10.8. The van der Waals surface area contributed by atoms with Crippen molar-refractivity contribution in [1.82, 2.24) is 5.32 Å². The molecule has 1 aliphatic rings. The van der Waals surface area contributed by atoms with E-state index in [1.807, 2.05) is 18.2 Å². The van der Waals surface area contributed by atoms with Gasteiger partial charge < -0.3 is 10.2 Å². The van der Waals surface area contributed by atoms with E-state index in [1.165, 1.54) is 19.3 Å². The van der Waals surface area contributed by atoms with Crippen molar-refractivity contribution in [2.24, 2.45) is 0 Å². The molecule has 0 aliphatic carbocycles. The molecule has 100 valence electrons. The van der Waals surface area contributed by atoms with E-state index < -0.39 is 0 Å². The molecule has 1 saturated heterocycles. The Bertz CT molecular complexity index is 395. The van der Waals surface area contributed by atoms with Gasteiger partial charge in [0, 0.05) is 24.2 Å². The van der Waals surface area contributed by atoms with E-state index in [2.05, 4.69) is 17.1 Å². The van der Waals surface area contributed by atoms with Gasteiger partial charge in [-0.2, -0.15) is 0 Å². The van der Waals surface area contributed by atoms with E-state index in [4.69, 9.17) is 23.2 Å². The molecular formula is C14H20Cl2N2. The third-order valence-corrected chi connectivity index (χ3v) is 3.89. The summed E-state index contributed by atoms with van der Waals surface area (Å²) in [6.45, 7) is 5.39. The van der Waals surface area contributed by atoms with Crippen LogP contribution in [0.4, 0.5) is 5.69 Å². The fourth-order valence-corrected chi connectivity index (χ4v) is 2.98. The lowest BCUT2D eigenvalue weighted by Gasteiger charge is -2.35. The van der Waals surface area contributed by atoms with Crippen LogP contribution in [-0.4, -0.2) is 25.7 Å². The monoisotopic (exact) mass is 286 g/mol. The number of piperidine rings is 1. The molecule has 0 amide bonds. The average Bonchev–Trinajstić information content (AvgIpc) is 2.36. The first kappa shape index (κ1) is 14.0. The zero-order chi connectivity index (χ0) is 13.0. The van der Waals surface area contributed by atoms with Gasteiger partial charge in [0.25, 0.3) is 0 Å². The number of nitrogens with one attached hydrogen (secondary N) is 1. The predicted molar refractivity (Wildman–Crippen MR) is 80.0 cm³/mol. The summed E-state index contributed by atoms with van der Waals surface area (Å²) in [6, 6.07) is 6.32. The Balaban J connectivity index is 2.03. The second-order valence-electron chi connectivity index (χ2n) is 4.84. The summed E-state index contributed by atoms with van der Waals surface area (Å²) in [5.41, 5.74) is 1.10. The van der Waals surface area contributed by atoms with Crippen molar-refractivity contribution in [2.75, 3.05) is 24.5 Å². The van der Waals surface area contributed by atoms with E-state index in [1.54, 1.807) is 0 Å². The zero-order valence-corrected chi connectivity index (χ0v) is 12.3. The van der Waals surface area contributed by atoms with Gasteiger partial charge in [0.15, 0.2) is 0 Å². The van der Waals surface area contributed by atoms with Crippen molar-refractivity contribution in [2.45, 2.75) is 32.2 Å². The van der Waals surface area contributed by atoms with Gasteiger partial charge in [-0.15, -0.1) is 0 Å². The second kappa shape index (κ2) is 6.65. The molecule has 1 heterocycles. The lowest BCUT2D eigenvalue weighted by Crippen LogP contribution is -2.46. The molecule has 0 bridgehead atoms. The van der Waals surface area contributed by atoms with E-state index in [0.717, 1.165) is 30.3 Å². The van der Waals surface area contributed by atoms with E-state index in [9.17, 15) is 0 Å². The van der Waals surface area contributed by atoms with Crippen molar-refractivity contribution in [3.63, 3.8) is 0 Å². The number of rotatable bonds is 4. The molecule has 0 radical (unpaired) electrons. The number of benzene rings is 1. The summed E-state index contributed by atoms with van der Waals surface area (Å²) in [7, 11) is 0. The lowest BCUT2D eigenvalue weighted by atomic mass is 10.0. The van der Waals surface area contributed by atoms with Crippen molar-refractivity contribution >= 4 is 28.9 Å². The number of hydrogen-bond acceptors (Lipinski definition) is 2. The predicted octanol–water partition coefficient (Wildman–Crippen LogP) is 3.96. The summed E-state index contributed by atoms with van der Waals surface area (Å²) in [4.78, 5) is 2.36. The molecule has 0 spiro atoms. The van der Waals surface area contributed by atoms with Crippen LogP contribution in [0.25, 0.3) is 0 Å². The molecule has 1 N–H and O–H groups in total. The van der Waals surface area contributed by atoms with Crippen LogP contribution in [0.5, 0.6) is 0 Å². The molecule has 1 unspecified atom stereocenters. The van der Waals surface area contributed by atoms with Crippen LogP contribution in [0.15, 0.2) is 18.2 Å². The van der Waals surface area contributed by atoms with Crippen LogP contribution in [-0.2, 0) is 0 Å². The van der Waals surface area contributed by atoms with Gasteiger partial charge >= 0.3 is 0 Å². The highest BCUT2D eigenvalue weighted by molar-refractivity contribution is 6.36. The summed E-state index contributed by atoms with van der Waals surface area (Å²) in [5.74, 6) is 0.